The van der Waals surface area contributed by atoms with Gasteiger partial charge in [-0.05, 0) is 37.8 Å². The molecule has 0 bridgehead atoms. The third-order valence-electron chi connectivity index (χ3n) is 2.48. The Morgan fingerprint density at radius 2 is 2.33 bits per heavy atom. The first kappa shape index (κ1) is 11.8. The van der Waals surface area contributed by atoms with Gasteiger partial charge in [-0.3, -0.25) is 0 Å². The zero-order valence-electron chi connectivity index (χ0n) is 9.66. The van der Waals surface area contributed by atoms with Crippen LogP contribution in [-0.2, 0) is 0 Å². The molecule has 1 rings (SSSR count). The topological polar surface area (TPSA) is 24.9 Å². The summed E-state index contributed by atoms with van der Waals surface area (Å²) in [4.78, 5) is 4.34. The molecule has 1 atom stereocenters. The Labute approximate surface area is 92.4 Å². The van der Waals surface area contributed by atoms with Gasteiger partial charge < -0.3 is 5.32 Å². The van der Waals surface area contributed by atoms with Crippen LogP contribution in [0.2, 0.25) is 0 Å². The van der Waals surface area contributed by atoms with E-state index in [0.29, 0.717) is 6.04 Å². The number of rotatable bonds is 6. The largest absolute Gasteiger partial charge is 0.367 e. The number of pyridine rings is 1. The van der Waals surface area contributed by atoms with E-state index in [0.717, 1.165) is 25.1 Å². The van der Waals surface area contributed by atoms with E-state index in [2.05, 4.69) is 29.9 Å². The lowest BCUT2D eigenvalue weighted by Gasteiger charge is -2.16. The third kappa shape index (κ3) is 4.15. The molecule has 0 saturated carbocycles. The highest BCUT2D eigenvalue weighted by molar-refractivity contribution is 5.36. The molecule has 1 aromatic rings. The quantitative estimate of drug-likeness (QED) is 0.717. The fourth-order valence-electron chi connectivity index (χ4n) is 1.46. The first-order valence-electron chi connectivity index (χ1n) is 5.56. The average molecular weight is 204 g/mol. The summed E-state index contributed by atoms with van der Waals surface area (Å²) >= 11 is 0. The molecule has 82 valence electrons. The minimum atomic E-state index is 0.498. The molecule has 1 aromatic heterocycles. The fraction of sp³-hybridized carbons (Fsp3) is 0.462. The predicted molar refractivity (Wildman–Crippen MR) is 66.1 cm³/mol. The van der Waals surface area contributed by atoms with Crippen molar-refractivity contribution in [3.05, 3.63) is 36.5 Å². The van der Waals surface area contributed by atoms with Gasteiger partial charge >= 0.3 is 0 Å². The molecule has 2 heteroatoms. The van der Waals surface area contributed by atoms with Gasteiger partial charge in [-0.2, -0.15) is 0 Å². The molecule has 1 unspecified atom stereocenters. The number of anilines is 1. The van der Waals surface area contributed by atoms with E-state index in [4.69, 9.17) is 0 Å². The van der Waals surface area contributed by atoms with Gasteiger partial charge in [0.15, 0.2) is 0 Å². The SMILES string of the molecule is C=CCCC(CC)Nc1ccc(C)cn1. The monoisotopic (exact) mass is 204 g/mol. The molecule has 1 N–H and O–H groups in total. The lowest BCUT2D eigenvalue weighted by molar-refractivity contribution is 0.639. The van der Waals surface area contributed by atoms with Crippen molar-refractivity contribution >= 4 is 5.82 Å². The zero-order valence-corrected chi connectivity index (χ0v) is 9.66. The van der Waals surface area contributed by atoms with Crippen LogP contribution in [0.3, 0.4) is 0 Å². The van der Waals surface area contributed by atoms with E-state index < -0.39 is 0 Å². The number of nitrogens with zero attached hydrogens (tertiary/aromatic N) is 1. The van der Waals surface area contributed by atoms with Crippen molar-refractivity contribution in [3.8, 4) is 0 Å². The molecule has 0 aliphatic heterocycles. The van der Waals surface area contributed by atoms with Crippen molar-refractivity contribution in [2.75, 3.05) is 5.32 Å². The molecule has 0 spiro atoms. The number of nitrogens with one attached hydrogen (secondary N) is 1. The molecule has 0 radical (unpaired) electrons. The van der Waals surface area contributed by atoms with Crippen molar-refractivity contribution in [1.29, 1.82) is 0 Å². The van der Waals surface area contributed by atoms with E-state index in [-0.39, 0.29) is 0 Å². The van der Waals surface area contributed by atoms with Gasteiger partial charge in [0.1, 0.15) is 5.82 Å². The molecule has 15 heavy (non-hydrogen) atoms. The van der Waals surface area contributed by atoms with Gasteiger partial charge in [0.2, 0.25) is 0 Å². The molecule has 0 saturated heterocycles. The summed E-state index contributed by atoms with van der Waals surface area (Å²) in [5, 5.41) is 3.43. The molecule has 0 fully saturated rings. The van der Waals surface area contributed by atoms with E-state index >= 15 is 0 Å². The third-order valence-corrected chi connectivity index (χ3v) is 2.48. The van der Waals surface area contributed by atoms with E-state index in [1.807, 2.05) is 25.3 Å². The molecule has 2 nitrogen and oxygen atoms in total. The summed E-state index contributed by atoms with van der Waals surface area (Å²) in [6.07, 6.45) is 7.14. The Morgan fingerprint density at radius 3 is 2.87 bits per heavy atom. The van der Waals surface area contributed by atoms with Crippen LogP contribution in [0.25, 0.3) is 0 Å². The van der Waals surface area contributed by atoms with Crippen molar-refractivity contribution in [2.45, 2.75) is 39.2 Å². The molecular formula is C13H20N2. The maximum absolute atomic E-state index is 4.34. The van der Waals surface area contributed by atoms with Crippen LogP contribution in [0.5, 0.6) is 0 Å². The Hall–Kier alpha value is -1.31. The minimum Gasteiger partial charge on any atom is -0.367 e. The molecule has 0 aliphatic carbocycles. The van der Waals surface area contributed by atoms with E-state index in [1.165, 1.54) is 5.56 Å². The average Bonchev–Trinajstić information content (AvgIpc) is 2.27. The maximum atomic E-state index is 4.34. The highest BCUT2D eigenvalue weighted by Crippen LogP contribution is 2.11. The van der Waals surface area contributed by atoms with Crippen LogP contribution in [0.4, 0.5) is 5.82 Å². The van der Waals surface area contributed by atoms with Crippen LogP contribution in [0.1, 0.15) is 31.7 Å². The standard InChI is InChI=1S/C13H20N2/c1-4-6-7-12(5-2)15-13-9-8-11(3)10-14-13/h4,8-10,12H,1,5-7H2,2-3H3,(H,14,15). The lowest BCUT2D eigenvalue weighted by atomic mass is 10.1. The van der Waals surface area contributed by atoms with Gasteiger partial charge in [0.05, 0.1) is 0 Å². The van der Waals surface area contributed by atoms with Gasteiger partial charge in [-0.15, -0.1) is 6.58 Å². The molecule has 0 aromatic carbocycles. The smallest absolute Gasteiger partial charge is 0.126 e. The van der Waals surface area contributed by atoms with Crippen molar-refractivity contribution < 1.29 is 0 Å². The highest BCUT2D eigenvalue weighted by atomic mass is 15.0. The molecule has 0 amide bonds. The van der Waals surface area contributed by atoms with Gasteiger partial charge in [-0.1, -0.05) is 19.1 Å². The van der Waals surface area contributed by atoms with Crippen LogP contribution >= 0.6 is 0 Å². The normalized spacial score (nSPS) is 12.1. The second kappa shape index (κ2) is 6.23. The van der Waals surface area contributed by atoms with Crippen molar-refractivity contribution in [3.63, 3.8) is 0 Å². The number of allylic oxidation sites excluding steroid dienone is 1. The number of aromatic nitrogens is 1. The predicted octanol–water partition coefficient (Wildman–Crippen LogP) is 3.55. The Bertz CT molecular complexity index is 290. The summed E-state index contributed by atoms with van der Waals surface area (Å²) < 4.78 is 0. The highest BCUT2D eigenvalue weighted by Gasteiger charge is 2.04. The first-order chi connectivity index (χ1) is 7.26. The van der Waals surface area contributed by atoms with Crippen LogP contribution in [0, 0.1) is 6.92 Å². The molecule has 1 heterocycles. The summed E-state index contributed by atoms with van der Waals surface area (Å²) in [6, 6.07) is 4.61. The number of hydrogen-bond donors (Lipinski definition) is 1. The Morgan fingerprint density at radius 1 is 1.53 bits per heavy atom. The number of aryl methyl sites for hydroxylation is 1. The summed E-state index contributed by atoms with van der Waals surface area (Å²) in [7, 11) is 0. The molecule has 0 aliphatic rings. The minimum absolute atomic E-state index is 0.498. The van der Waals surface area contributed by atoms with Crippen molar-refractivity contribution in [2.24, 2.45) is 0 Å². The van der Waals surface area contributed by atoms with Crippen molar-refractivity contribution in [1.82, 2.24) is 4.98 Å². The second-order valence-corrected chi connectivity index (χ2v) is 3.84. The van der Waals surface area contributed by atoms with Gasteiger partial charge in [0.25, 0.3) is 0 Å². The van der Waals surface area contributed by atoms with Crippen LogP contribution in [0.15, 0.2) is 31.0 Å². The summed E-state index contributed by atoms with van der Waals surface area (Å²) in [5.41, 5.74) is 1.19. The fourth-order valence-corrected chi connectivity index (χ4v) is 1.46. The second-order valence-electron chi connectivity index (χ2n) is 3.84. The summed E-state index contributed by atoms with van der Waals surface area (Å²) in [6.45, 7) is 7.98. The van der Waals surface area contributed by atoms with E-state index in [9.17, 15) is 0 Å². The first-order valence-corrected chi connectivity index (χ1v) is 5.56. The lowest BCUT2D eigenvalue weighted by Crippen LogP contribution is -2.18. The van der Waals surface area contributed by atoms with Gasteiger partial charge in [-0.25, -0.2) is 4.98 Å². The maximum Gasteiger partial charge on any atom is 0.126 e. The van der Waals surface area contributed by atoms with E-state index in [1.54, 1.807) is 0 Å². The van der Waals surface area contributed by atoms with Crippen LogP contribution < -0.4 is 5.32 Å². The zero-order chi connectivity index (χ0) is 11.1. The number of hydrogen-bond acceptors (Lipinski definition) is 2. The van der Waals surface area contributed by atoms with Gasteiger partial charge in [0, 0.05) is 12.2 Å². The Kier molecular flexibility index (Phi) is 4.88. The Balaban J connectivity index is 2.50. The summed E-state index contributed by atoms with van der Waals surface area (Å²) in [5.74, 6) is 0.969. The molecular weight excluding hydrogens is 184 g/mol. The van der Waals surface area contributed by atoms with Crippen LogP contribution in [-0.4, -0.2) is 11.0 Å².